The molecule has 0 aliphatic heterocycles. The minimum absolute atomic E-state index is 1.20. The third-order valence-electron chi connectivity index (χ3n) is 3.47. The first-order valence-electron chi connectivity index (χ1n) is 9.05. The van der Waals surface area contributed by atoms with Crippen molar-refractivity contribution in [1.82, 2.24) is 0 Å². The van der Waals surface area contributed by atoms with Crippen molar-refractivity contribution in [3.8, 4) is 0 Å². The van der Waals surface area contributed by atoms with E-state index in [0.717, 1.165) is 0 Å². The Morgan fingerprint density at radius 2 is 1.10 bits per heavy atom. The van der Waals surface area contributed by atoms with Crippen molar-refractivity contribution in [2.24, 2.45) is 0 Å². The molecule has 0 aliphatic carbocycles. The van der Waals surface area contributed by atoms with Crippen molar-refractivity contribution in [2.75, 3.05) is 0 Å². The molecule has 0 fully saturated rings. The van der Waals surface area contributed by atoms with Gasteiger partial charge in [0, 0.05) is 0 Å². The summed E-state index contributed by atoms with van der Waals surface area (Å²) in [5.41, 5.74) is 0. The molecule has 0 heteroatoms. The van der Waals surface area contributed by atoms with Gasteiger partial charge in [-0.2, -0.15) is 0 Å². The third kappa shape index (κ3) is 26.1. The van der Waals surface area contributed by atoms with Crippen molar-refractivity contribution in [3.05, 3.63) is 24.8 Å². The molecule has 0 aromatic carbocycles. The Morgan fingerprint density at radius 3 is 1.55 bits per heavy atom. The standard InChI is InChI=1S/2C10H20/c2*1-3-5-7-9-10-8-6-4-2/h3,5H,4,6-10H2,1-2H3;3H,1,4-10H2,2H3/b5-3+;. The fourth-order valence-corrected chi connectivity index (χ4v) is 2.10. The van der Waals surface area contributed by atoms with E-state index in [1.54, 1.807) is 0 Å². The zero-order valence-electron chi connectivity index (χ0n) is 14.6. The Hall–Kier alpha value is -0.520. The van der Waals surface area contributed by atoms with Crippen LogP contribution in [0.3, 0.4) is 0 Å². The molecular weight excluding hydrogens is 240 g/mol. The fraction of sp³-hybridized carbons (Fsp3) is 0.800. The van der Waals surface area contributed by atoms with E-state index >= 15 is 0 Å². The number of allylic oxidation sites excluding steroid dienone is 3. The molecule has 0 atom stereocenters. The molecule has 120 valence electrons. The van der Waals surface area contributed by atoms with E-state index in [9.17, 15) is 0 Å². The Kier molecular flexibility index (Phi) is 25.7. The van der Waals surface area contributed by atoms with Crippen LogP contribution in [0.2, 0.25) is 0 Å². The summed E-state index contributed by atoms with van der Waals surface area (Å²) < 4.78 is 0. The van der Waals surface area contributed by atoms with E-state index in [0.29, 0.717) is 0 Å². The number of hydrogen-bond donors (Lipinski definition) is 0. The highest BCUT2D eigenvalue weighted by molar-refractivity contribution is 4.76. The molecule has 0 N–H and O–H groups in total. The van der Waals surface area contributed by atoms with Crippen molar-refractivity contribution < 1.29 is 0 Å². The van der Waals surface area contributed by atoms with Gasteiger partial charge >= 0.3 is 0 Å². The summed E-state index contributed by atoms with van der Waals surface area (Å²) in [6.07, 6.45) is 24.2. The van der Waals surface area contributed by atoms with Crippen LogP contribution in [-0.2, 0) is 0 Å². The minimum Gasteiger partial charge on any atom is -0.103 e. The fourth-order valence-electron chi connectivity index (χ4n) is 2.10. The Bertz CT molecular complexity index is 178. The molecule has 0 amide bonds. The zero-order valence-corrected chi connectivity index (χ0v) is 14.6. The monoisotopic (exact) mass is 280 g/mol. The normalized spacial score (nSPS) is 10.3. The minimum atomic E-state index is 1.20. The van der Waals surface area contributed by atoms with Crippen LogP contribution < -0.4 is 0 Å². The molecule has 0 saturated heterocycles. The van der Waals surface area contributed by atoms with Gasteiger partial charge < -0.3 is 0 Å². The molecule has 0 rings (SSSR count). The van der Waals surface area contributed by atoms with E-state index in [1.165, 1.54) is 83.5 Å². The molecule has 20 heavy (non-hydrogen) atoms. The second-order valence-corrected chi connectivity index (χ2v) is 5.62. The van der Waals surface area contributed by atoms with E-state index in [-0.39, 0.29) is 0 Å². The maximum Gasteiger partial charge on any atom is -0.0351 e. The Morgan fingerprint density at radius 1 is 0.650 bits per heavy atom. The Balaban J connectivity index is 0. The summed E-state index contributed by atoms with van der Waals surface area (Å²) in [7, 11) is 0. The zero-order chi connectivity index (χ0) is 15.3. The highest BCUT2D eigenvalue weighted by Crippen LogP contribution is 2.06. The summed E-state index contributed by atoms with van der Waals surface area (Å²) in [5, 5.41) is 0. The highest BCUT2D eigenvalue weighted by atomic mass is 13.9. The third-order valence-corrected chi connectivity index (χ3v) is 3.47. The van der Waals surface area contributed by atoms with E-state index < -0.39 is 0 Å². The lowest BCUT2D eigenvalue weighted by Crippen LogP contribution is -1.76. The summed E-state index contributed by atoms with van der Waals surface area (Å²) in [5.74, 6) is 0. The highest BCUT2D eigenvalue weighted by Gasteiger charge is 1.86. The van der Waals surface area contributed by atoms with Gasteiger partial charge in [-0.3, -0.25) is 0 Å². The molecular formula is C20H40. The summed E-state index contributed by atoms with van der Waals surface area (Å²) >= 11 is 0. The summed E-state index contributed by atoms with van der Waals surface area (Å²) in [6, 6.07) is 0. The second-order valence-electron chi connectivity index (χ2n) is 5.62. The van der Waals surface area contributed by atoms with Gasteiger partial charge in [-0.15, -0.1) is 6.58 Å². The summed E-state index contributed by atoms with van der Waals surface area (Å²) in [4.78, 5) is 0. The topological polar surface area (TPSA) is 0 Å². The molecule has 0 radical (unpaired) electrons. The molecule has 0 saturated carbocycles. The maximum atomic E-state index is 3.69. The molecule has 0 aliphatic rings. The van der Waals surface area contributed by atoms with Crippen LogP contribution in [0.1, 0.15) is 104 Å². The summed E-state index contributed by atoms with van der Waals surface area (Å²) in [6.45, 7) is 10.3. The van der Waals surface area contributed by atoms with Gasteiger partial charge in [0.05, 0.1) is 0 Å². The first kappa shape index (κ1) is 21.8. The van der Waals surface area contributed by atoms with Gasteiger partial charge in [-0.05, 0) is 32.6 Å². The van der Waals surface area contributed by atoms with Crippen LogP contribution in [0.4, 0.5) is 0 Å². The first-order valence-corrected chi connectivity index (χ1v) is 9.05. The van der Waals surface area contributed by atoms with Crippen molar-refractivity contribution >= 4 is 0 Å². The second kappa shape index (κ2) is 23.6. The van der Waals surface area contributed by atoms with Crippen LogP contribution in [-0.4, -0.2) is 0 Å². The molecule has 0 spiro atoms. The molecule has 0 unspecified atom stereocenters. The average Bonchev–Trinajstić information content (AvgIpc) is 2.47. The van der Waals surface area contributed by atoms with Gasteiger partial charge in [0.1, 0.15) is 0 Å². The predicted octanol–water partition coefficient (Wildman–Crippen LogP) is 7.85. The smallest absolute Gasteiger partial charge is 0.0351 e. The molecule has 0 aromatic rings. The maximum absolute atomic E-state index is 3.69. The molecule has 0 bridgehead atoms. The van der Waals surface area contributed by atoms with Crippen LogP contribution in [0.5, 0.6) is 0 Å². The van der Waals surface area contributed by atoms with Gasteiger partial charge in [-0.25, -0.2) is 0 Å². The lowest BCUT2D eigenvalue weighted by molar-refractivity contribution is 0.611. The van der Waals surface area contributed by atoms with Crippen LogP contribution >= 0.6 is 0 Å². The van der Waals surface area contributed by atoms with E-state index in [2.05, 4.69) is 39.5 Å². The van der Waals surface area contributed by atoms with Crippen LogP contribution in [0.25, 0.3) is 0 Å². The quantitative estimate of drug-likeness (QED) is 0.238. The lowest BCUT2D eigenvalue weighted by atomic mass is 10.1. The predicted molar refractivity (Wildman–Crippen MR) is 96.4 cm³/mol. The number of unbranched alkanes of at least 4 members (excludes halogenated alkanes) is 11. The molecule has 0 nitrogen and oxygen atoms in total. The number of hydrogen-bond acceptors (Lipinski definition) is 0. The van der Waals surface area contributed by atoms with E-state index in [4.69, 9.17) is 0 Å². The van der Waals surface area contributed by atoms with Crippen molar-refractivity contribution in [3.63, 3.8) is 0 Å². The van der Waals surface area contributed by atoms with Crippen molar-refractivity contribution in [2.45, 2.75) is 104 Å². The average molecular weight is 281 g/mol. The van der Waals surface area contributed by atoms with Gasteiger partial charge in [0.2, 0.25) is 0 Å². The number of rotatable bonds is 13. The van der Waals surface area contributed by atoms with Crippen LogP contribution in [0, 0.1) is 0 Å². The largest absolute Gasteiger partial charge is 0.103 e. The van der Waals surface area contributed by atoms with Gasteiger partial charge in [-0.1, -0.05) is 89.9 Å². The van der Waals surface area contributed by atoms with E-state index in [1.807, 2.05) is 6.08 Å². The SMILES string of the molecule is C/C=C/CCCCCCC.C=CCCCCCCCC. The van der Waals surface area contributed by atoms with Crippen LogP contribution in [0.15, 0.2) is 24.8 Å². The lowest BCUT2D eigenvalue weighted by Gasteiger charge is -1.96. The van der Waals surface area contributed by atoms with Gasteiger partial charge in [0.15, 0.2) is 0 Å². The first-order chi connectivity index (χ1) is 9.83. The van der Waals surface area contributed by atoms with Gasteiger partial charge in [0.25, 0.3) is 0 Å². The molecule has 0 heterocycles. The van der Waals surface area contributed by atoms with Crippen molar-refractivity contribution in [1.29, 1.82) is 0 Å². The Labute approximate surface area is 129 Å². The molecule has 0 aromatic heterocycles.